The average molecular weight is 294 g/mol. The van der Waals surface area contributed by atoms with E-state index in [1.165, 1.54) is 0 Å². The first-order valence-corrected chi connectivity index (χ1v) is 6.07. The molecule has 19 heavy (non-hydrogen) atoms. The zero-order chi connectivity index (χ0) is 14.5. The monoisotopic (exact) mass is 294 g/mol. The molecule has 0 amide bonds. The van der Waals surface area contributed by atoms with Gasteiger partial charge in [-0.15, -0.1) is 0 Å². The molecule has 1 aromatic carbocycles. The Morgan fingerprint density at radius 2 is 1.84 bits per heavy atom. The molecule has 0 radical (unpaired) electrons. The Balaban J connectivity index is 2.88. The summed E-state index contributed by atoms with van der Waals surface area (Å²) in [7, 11) is 0.767. The fourth-order valence-electron chi connectivity index (χ4n) is 1.20. The lowest BCUT2D eigenvalue weighted by Gasteiger charge is -2.10. The summed E-state index contributed by atoms with van der Waals surface area (Å²) in [6.45, 7) is 0. The van der Waals surface area contributed by atoms with Crippen LogP contribution in [0.5, 0.6) is 0 Å². The lowest BCUT2D eigenvalue weighted by Crippen LogP contribution is -2.22. The average Bonchev–Trinajstić information content (AvgIpc) is 2.36. The minimum atomic E-state index is -5.08. The highest BCUT2D eigenvalue weighted by Crippen LogP contribution is 2.35. The number of ether oxygens (including phenoxy) is 1. The van der Waals surface area contributed by atoms with Gasteiger partial charge in [0.25, 0.3) is 0 Å². The van der Waals surface area contributed by atoms with Crippen molar-refractivity contribution in [3.05, 3.63) is 46.6 Å². The number of carbonyl (C=O) groups is 1. The first-order chi connectivity index (χ1) is 8.86. The van der Waals surface area contributed by atoms with Crippen LogP contribution in [0.25, 0.3) is 0 Å². The normalized spacial score (nSPS) is 12.9. The number of alkyl halides is 3. The quantitative estimate of drug-likeness (QED) is 0.479. The molecule has 1 rings (SSSR count). The van der Waals surface area contributed by atoms with Crippen molar-refractivity contribution in [2.45, 2.75) is 11.9 Å². The van der Waals surface area contributed by atoms with E-state index in [1.807, 2.05) is 0 Å². The first-order valence-electron chi connectivity index (χ1n) is 5.08. The number of thioether (sulfide) groups is 1. The summed E-state index contributed by atoms with van der Waals surface area (Å²) in [5, 5.41) is -1.59. The summed E-state index contributed by atoms with van der Waals surface area (Å²) in [5.74, 6) is -1.74. The number of hydrogen-bond donors (Lipinski definition) is 0. The van der Waals surface area contributed by atoms with Gasteiger partial charge in [0.1, 0.15) is 0 Å². The lowest BCUT2D eigenvalue weighted by molar-refractivity contribution is -0.148. The lowest BCUT2D eigenvalue weighted by atomic mass is 10.2. The maximum absolute atomic E-state index is 13.5. The molecule has 0 aliphatic rings. The van der Waals surface area contributed by atoms with E-state index in [2.05, 4.69) is 4.74 Å². The topological polar surface area (TPSA) is 26.3 Å². The molecule has 0 heterocycles. The zero-order valence-electron chi connectivity index (χ0n) is 9.83. The largest absolute Gasteiger partial charge is 0.465 e. The van der Waals surface area contributed by atoms with Gasteiger partial charge in [0.05, 0.1) is 7.11 Å². The number of benzene rings is 1. The van der Waals surface area contributed by atoms with Crippen LogP contribution in [0, 0.1) is 0 Å². The van der Waals surface area contributed by atoms with Gasteiger partial charge in [-0.1, -0.05) is 42.1 Å². The highest BCUT2D eigenvalue weighted by molar-refractivity contribution is 8.02. The van der Waals surface area contributed by atoms with Crippen LogP contribution < -0.4 is 0 Å². The number of hydrogen-bond acceptors (Lipinski definition) is 3. The van der Waals surface area contributed by atoms with Crippen molar-refractivity contribution in [3.8, 4) is 0 Å². The Morgan fingerprint density at radius 1 is 1.26 bits per heavy atom. The van der Waals surface area contributed by atoms with E-state index >= 15 is 0 Å². The molecule has 0 fully saturated rings. The fourth-order valence-corrected chi connectivity index (χ4v) is 2.03. The molecule has 0 aliphatic heterocycles. The third-order valence-corrected chi connectivity index (χ3v) is 3.01. The zero-order valence-corrected chi connectivity index (χ0v) is 10.6. The van der Waals surface area contributed by atoms with Gasteiger partial charge in [-0.2, -0.15) is 17.6 Å². The predicted octanol–water partition coefficient (Wildman–Crippen LogP) is 3.84. The van der Waals surface area contributed by atoms with Crippen LogP contribution >= 0.6 is 11.8 Å². The molecule has 104 valence electrons. The summed E-state index contributed by atoms with van der Waals surface area (Å²) >= 11 is 0.300. The van der Waals surface area contributed by atoms with E-state index in [-0.39, 0.29) is 5.75 Å². The van der Waals surface area contributed by atoms with Crippen LogP contribution in [0.1, 0.15) is 5.56 Å². The van der Waals surface area contributed by atoms with Gasteiger partial charge >= 0.3 is 12.1 Å². The number of methoxy groups -OCH3 is 1. The SMILES string of the molecule is COC(=O)C(=C(F)SCc1ccccc1)C(F)(F)F. The molecule has 2 nitrogen and oxygen atoms in total. The summed E-state index contributed by atoms with van der Waals surface area (Å²) in [5.41, 5.74) is -1.26. The number of rotatable bonds is 4. The van der Waals surface area contributed by atoms with E-state index in [4.69, 9.17) is 0 Å². The molecular weight excluding hydrogens is 284 g/mol. The molecule has 0 N–H and O–H groups in total. The van der Waals surface area contributed by atoms with Gasteiger partial charge in [0.2, 0.25) is 0 Å². The van der Waals surface area contributed by atoms with Crippen molar-refractivity contribution in [1.82, 2.24) is 0 Å². The Bertz CT molecular complexity index is 468. The second kappa shape index (κ2) is 6.60. The number of carbonyl (C=O) groups excluding carboxylic acids is 1. The van der Waals surface area contributed by atoms with E-state index in [9.17, 15) is 22.4 Å². The van der Waals surface area contributed by atoms with Crippen LogP contribution in [0.2, 0.25) is 0 Å². The first kappa shape index (κ1) is 15.6. The minimum absolute atomic E-state index is 0.0107. The summed E-state index contributed by atoms with van der Waals surface area (Å²) in [6, 6.07) is 8.39. The Morgan fingerprint density at radius 3 is 2.32 bits per heavy atom. The molecule has 0 spiro atoms. The van der Waals surface area contributed by atoms with Crippen molar-refractivity contribution in [2.24, 2.45) is 0 Å². The highest BCUT2D eigenvalue weighted by atomic mass is 32.2. The standard InChI is InChI=1S/C12H10F4O2S/c1-18-11(17)9(12(14,15)16)10(13)19-7-8-5-3-2-4-6-8/h2-6H,7H2,1H3. The molecule has 0 saturated carbocycles. The maximum atomic E-state index is 13.5. The molecule has 0 aromatic heterocycles. The Kier molecular flexibility index (Phi) is 5.41. The summed E-state index contributed by atoms with van der Waals surface area (Å²) < 4.78 is 55.0. The van der Waals surface area contributed by atoms with Crippen LogP contribution in [0.3, 0.4) is 0 Å². The van der Waals surface area contributed by atoms with Crippen molar-refractivity contribution in [3.63, 3.8) is 0 Å². The van der Waals surface area contributed by atoms with Crippen molar-refractivity contribution < 1.29 is 27.1 Å². The van der Waals surface area contributed by atoms with Crippen LogP contribution in [0.15, 0.2) is 41.1 Å². The number of halogens is 4. The third-order valence-electron chi connectivity index (χ3n) is 2.08. The van der Waals surface area contributed by atoms with Gasteiger partial charge in [-0.3, -0.25) is 0 Å². The number of esters is 1. The van der Waals surface area contributed by atoms with Gasteiger partial charge in [-0.05, 0) is 5.56 Å². The Labute approximate surface area is 111 Å². The third kappa shape index (κ3) is 4.59. The van der Waals surface area contributed by atoms with Gasteiger partial charge in [0, 0.05) is 5.75 Å². The van der Waals surface area contributed by atoms with Crippen molar-refractivity contribution in [1.29, 1.82) is 0 Å². The van der Waals surface area contributed by atoms with Crippen LogP contribution in [-0.2, 0) is 15.3 Å². The van der Waals surface area contributed by atoms with Gasteiger partial charge in [0.15, 0.2) is 10.7 Å². The van der Waals surface area contributed by atoms with Crippen LogP contribution in [-0.4, -0.2) is 19.3 Å². The Hall–Kier alpha value is -1.50. The molecule has 0 saturated heterocycles. The van der Waals surface area contributed by atoms with E-state index in [1.54, 1.807) is 30.3 Å². The summed E-state index contributed by atoms with van der Waals surface area (Å²) in [6.07, 6.45) is -5.08. The van der Waals surface area contributed by atoms with E-state index in [0.29, 0.717) is 17.3 Å². The highest BCUT2D eigenvalue weighted by Gasteiger charge is 2.43. The van der Waals surface area contributed by atoms with E-state index < -0.39 is 22.9 Å². The predicted molar refractivity (Wildman–Crippen MR) is 63.9 cm³/mol. The fraction of sp³-hybridized carbons (Fsp3) is 0.250. The molecule has 0 aliphatic carbocycles. The van der Waals surface area contributed by atoms with E-state index in [0.717, 1.165) is 7.11 Å². The second-order valence-electron chi connectivity index (χ2n) is 3.41. The smallest absolute Gasteiger partial charge is 0.426 e. The van der Waals surface area contributed by atoms with Crippen LogP contribution in [0.4, 0.5) is 17.6 Å². The molecule has 0 unspecified atom stereocenters. The second-order valence-corrected chi connectivity index (χ2v) is 4.35. The molecule has 1 aromatic rings. The molecule has 0 bridgehead atoms. The molecule has 7 heteroatoms. The van der Waals surface area contributed by atoms with Gasteiger partial charge < -0.3 is 4.74 Å². The summed E-state index contributed by atoms with van der Waals surface area (Å²) in [4.78, 5) is 11.0. The van der Waals surface area contributed by atoms with Crippen molar-refractivity contribution >= 4 is 17.7 Å². The van der Waals surface area contributed by atoms with Crippen molar-refractivity contribution in [2.75, 3.05) is 7.11 Å². The van der Waals surface area contributed by atoms with Gasteiger partial charge in [-0.25, -0.2) is 4.79 Å². The molecule has 0 atom stereocenters. The minimum Gasteiger partial charge on any atom is -0.465 e. The maximum Gasteiger partial charge on any atom is 0.426 e. The molecular formula is C12H10F4O2S.